The van der Waals surface area contributed by atoms with Gasteiger partial charge in [0.2, 0.25) is 0 Å². The molecule has 11 heteroatoms. The number of anilines is 1. The SMILES string of the molecule is O=C(Nc1ccncc1Cl)C(=O)c1cn(Cc2ccc(Cl)cc2[N+](=O)[O-])c2c(OCc3ccccc3)cccc12. The van der Waals surface area contributed by atoms with Crippen LogP contribution >= 0.6 is 23.2 Å². The summed E-state index contributed by atoms with van der Waals surface area (Å²) in [5.41, 5.74) is 1.95. The summed E-state index contributed by atoms with van der Waals surface area (Å²) in [4.78, 5) is 41.5. The molecule has 0 spiro atoms. The van der Waals surface area contributed by atoms with Crippen molar-refractivity contribution < 1.29 is 19.2 Å². The Labute approximate surface area is 238 Å². The first-order valence-corrected chi connectivity index (χ1v) is 12.7. The zero-order valence-electron chi connectivity index (χ0n) is 20.7. The number of nitro benzene ring substituents is 1. The Bertz CT molecular complexity index is 1750. The molecule has 0 fully saturated rings. The number of nitrogens with zero attached hydrogens (tertiary/aromatic N) is 3. The number of carbonyl (C=O) groups excluding carboxylic acids is 2. The Kier molecular flexibility index (Phi) is 7.77. The molecule has 40 heavy (non-hydrogen) atoms. The Hall–Kier alpha value is -4.73. The molecule has 2 aromatic heterocycles. The van der Waals surface area contributed by atoms with Gasteiger partial charge in [-0.25, -0.2) is 0 Å². The van der Waals surface area contributed by atoms with Gasteiger partial charge in [-0.2, -0.15) is 0 Å². The van der Waals surface area contributed by atoms with Crippen molar-refractivity contribution in [2.24, 2.45) is 0 Å². The third kappa shape index (κ3) is 5.66. The molecule has 0 aliphatic heterocycles. The highest BCUT2D eigenvalue weighted by atomic mass is 35.5. The van der Waals surface area contributed by atoms with Gasteiger partial charge in [-0.15, -0.1) is 0 Å². The summed E-state index contributed by atoms with van der Waals surface area (Å²) in [7, 11) is 0. The number of para-hydroxylation sites is 1. The molecular formula is C29H20Cl2N4O5. The molecule has 0 saturated heterocycles. The number of ether oxygens (including phenoxy) is 1. The summed E-state index contributed by atoms with van der Waals surface area (Å²) in [5.74, 6) is -1.28. The van der Waals surface area contributed by atoms with Crippen molar-refractivity contribution in [3.63, 3.8) is 0 Å². The predicted molar refractivity (Wildman–Crippen MR) is 152 cm³/mol. The van der Waals surface area contributed by atoms with E-state index in [1.165, 1.54) is 30.7 Å². The van der Waals surface area contributed by atoms with E-state index < -0.39 is 16.6 Å². The maximum Gasteiger partial charge on any atom is 0.296 e. The first-order chi connectivity index (χ1) is 19.3. The first-order valence-electron chi connectivity index (χ1n) is 12.0. The molecule has 3 aromatic carbocycles. The molecule has 0 radical (unpaired) electrons. The molecule has 0 unspecified atom stereocenters. The van der Waals surface area contributed by atoms with E-state index in [-0.39, 0.29) is 40.1 Å². The molecule has 0 saturated carbocycles. The van der Waals surface area contributed by atoms with E-state index in [1.807, 2.05) is 30.3 Å². The van der Waals surface area contributed by atoms with Gasteiger partial charge >= 0.3 is 0 Å². The second-order valence-electron chi connectivity index (χ2n) is 8.77. The van der Waals surface area contributed by atoms with Gasteiger partial charge < -0.3 is 14.6 Å². The Morgan fingerprint density at radius 1 is 1.02 bits per heavy atom. The number of halogens is 2. The lowest BCUT2D eigenvalue weighted by Crippen LogP contribution is -2.23. The minimum absolute atomic E-state index is 0.0147. The monoisotopic (exact) mass is 574 g/mol. The van der Waals surface area contributed by atoms with Gasteiger partial charge in [0, 0.05) is 40.6 Å². The van der Waals surface area contributed by atoms with Crippen LogP contribution in [-0.4, -0.2) is 26.2 Å². The van der Waals surface area contributed by atoms with Crippen LogP contribution in [0.1, 0.15) is 21.5 Å². The summed E-state index contributed by atoms with van der Waals surface area (Å²) in [5, 5.41) is 15.1. The molecule has 9 nitrogen and oxygen atoms in total. The Balaban J connectivity index is 1.58. The maximum absolute atomic E-state index is 13.4. The molecule has 2 heterocycles. The third-order valence-electron chi connectivity index (χ3n) is 6.15. The number of aromatic nitrogens is 2. The standard InChI is InChI=1S/C29H20Cl2N4O5/c30-20-10-9-19(25(13-20)35(38)39)15-34-16-22(28(36)29(37)33-24-11-12-32-14-23(24)31)21-7-4-8-26(27(21)34)40-17-18-5-2-1-3-6-18/h1-14,16H,15,17H2,(H,32,33,37). The van der Waals surface area contributed by atoms with E-state index in [1.54, 1.807) is 34.9 Å². The van der Waals surface area contributed by atoms with Gasteiger partial charge in [-0.3, -0.25) is 24.7 Å². The van der Waals surface area contributed by atoms with E-state index in [0.717, 1.165) is 5.56 Å². The van der Waals surface area contributed by atoms with Crippen molar-refractivity contribution in [3.05, 3.63) is 128 Å². The molecule has 5 rings (SSSR count). The normalized spacial score (nSPS) is 10.8. The van der Waals surface area contributed by atoms with Gasteiger partial charge in [0.15, 0.2) is 0 Å². The topological polar surface area (TPSA) is 116 Å². The molecule has 0 aliphatic carbocycles. The van der Waals surface area contributed by atoms with Gasteiger partial charge in [0.1, 0.15) is 12.4 Å². The fourth-order valence-corrected chi connectivity index (χ4v) is 4.62. The van der Waals surface area contributed by atoms with Gasteiger partial charge in [0.25, 0.3) is 17.4 Å². The van der Waals surface area contributed by atoms with Crippen LogP contribution < -0.4 is 10.1 Å². The van der Waals surface area contributed by atoms with Gasteiger partial charge in [-0.05, 0) is 29.8 Å². The third-order valence-corrected chi connectivity index (χ3v) is 6.69. The molecule has 1 amide bonds. The highest BCUT2D eigenvalue weighted by Gasteiger charge is 2.25. The number of carbonyl (C=O) groups is 2. The fraction of sp³-hybridized carbons (Fsp3) is 0.0690. The van der Waals surface area contributed by atoms with E-state index in [0.29, 0.717) is 22.2 Å². The second kappa shape index (κ2) is 11.6. The number of rotatable bonds is 9. The number of nitrogens with one attached hydrogen (secondary N) is 1. The first kappa shape index (κ1) is 26.9. The Morgan fingerprint density at radius 2 is 1.82 bits per heavy atom. The fourth-order valence-electron chi connectivity index (χ4n) is 4.29. The largest absolute Gasteiger partial charge is 0.487 e. The van der Waals surface area contributed by atoms with Crippen LogP contribution in [0.3, 0.4) is 0 Å². The second-order valence-corrected chi connectivity index (χ2v) is 9.61. The van der Waals surface area contributed by atoms with Crippen LogP contribution in [0.5, 0.6) is 5.75 Å². The molecule has 0 aliphatic rings. The van der Waals surface area contributed by atoms with Crippen LogP contribution in [0.2, 0.25) is 10.0 Å². The smallest absolute Gasteiger partial charge is 0.296 e. The molecular weight excluding hydrogens is 555 g/mol. The van der Waals surface area contributed by atoms with Crippen LogP contribution in [-0.2, 0) is 17.9 Å². The average molecular weight is 575 g/mol. The average Bonchev–Trinajstić information content (AvgIpc) is 3.33. The number of pyridine rings is 1. The number of Topliss-reactive ketones (excluding diaryl/α,β-unsaturated/α-hetero) is 1. The molecule has 5 aromatic rings. The highest BCUT2D eigenvalue weighted by Crippen LogP contribution is 2.33. The number of ketones is 1. The zero-order valence-corrected chi connectivity index (χ0v) is 22.2. The van der Waals surface area contributed by atoms with Crippen molar-refractivity contribution in [2.45, 2.75) is 13.2 Å². The maximum atomic E-state index is 13.4. The number of hydrogen-bond acceptors (Lipinski definition) is 6. The van der Waals surface area contributed by atoms with Crippen LogP contribution in [0.15, 0.2) is 91.4 Å². The lowest BCUT2D eigenvalue weighted by Gasteiger charge is -2.12. The summed E-state index contributed by atoms with van der Waals surface area (Å²) >= 11 is 12.1. The zero-order chi connectivity index (χ0) is 28.2. The van der Waals surface area contributed by atoms with Crippen molar-refractivity contribution in [2.75, 3.05) is 5.32 Å². The lowest BCUT2D eigenvalue weighted by molar-refractivity contribution is -0.385. The van der Waals surface area contributed by atoms with Crippen molar-refractivity contribution in [1.82, 2.24) is 9.55 Å². The van der Waals surface area contributed by atoms with Crippen molar-refractivity contribution in [1.29, 1.82) is 0 Å². The molecule has 0 atom stereocenters. The van der Waals surface area contributed by atoms with Crippen LogP contribution in [0.25, 0.3) is 10.9 Å². The van der Waals surface area contributed by atoms with Crippen LogP contribution in [0, 0.1) is 10.1 Å². The van der Waals surface area contributed by atoms with Crippen molar-refractivity contribution >= 4 is 57.2 Å². The number of benzene rings is 3. The minimum Gasteiger partial charge on any atom is -0.487 e. The quantitative estimate of drug-likeness (QED) is 0.0905. The number of hydrogen-bond donors (Lipinski definition) is 1. The van der Waals surface area contributed by atoms with Crippen molar-refractivity contribution in [3.8, 4) is 5.75 Å². The van der Waals surface area contributed by atoms with Gasteiger partial charge in [0.05, 0.1) is 33.3 Å². The van der Waals surface area contributed by atoms with E-state index >= 15 is 0 Å². The van der Waals surface area contributed by atoms with Gasteiger partial charge in [-0.1, -0.05) is 65.7 Å². The molecule has 200 valence electrons. The summed E-state index contributed by atoms with van der Waals surface area (Å²) in [6, 6.07) is 20.5. The predicted octanol–water partition coefficient (Wildman–Crippen LogP) is 6.70. The summed E-state index contributed by atoms with van der Waals surface area (Å²) in [6.45, 7) is 0.261. The van der Waals surface area contributed by atoms with E-state index in [4.69, 9.17) is 27.9 Å². The van der Waals surface area contributed by atoms with E-state index in [9.17, 15) is 19.7 Å². The number of fused-ring (bicyclic) bond motifs is 1. The molecule has 1 N–H and O–H groups in total. The number of nitro groups is 1. The van der Waals surface area contributed by atoms with E-state index in [2.05, 4.69) is 10.3 Å². The minimum atomic E-state index is -0.903. The summed E-state index contributed by atoms with van der Waals surface area (Å²) in [6.07, 6.45) is 4.28. The molecule has 0 bridgehead atoms. The lowest BCUT2D eigenvalue weighted by atomic mass is 10.1. The van der Waals surface area contributed by atoms with Crippen LogP contribution in [0.4, 0.5) is 11.4 Å². The summed E-state index contributed by atoms with van der Waals surface area (Å²) < 4.78 is 7.79. The number of amides is 1. The highest BCUT2D eigenvalue weighted by molar-refractivity contribution is 6.49. The Morgan fingerprint density at radius 3 is 2.58 bits per heavy atom.